The van der Waals surface area contributed by atoms with Crippen molar-refractivity contribution >= 4 is 17.3 Å². The lowest BCUT2D eigenvalue weighted by atomic mass is 10.1. The molecule has 0 saturated carbocycles. The van der Waals surface area contributed by atoms with Gasteiger partial charge in [-0.1, -0.05) is 20.3 Å². The second-order valence-electron chi connectivity index (χ2n) is 6.35. The molecule has 0 aliphatic carbocycles. The van der Waals surface area contributed by atoms with E-state index < -0.39 is 0 Å². The number of guanidine groups is 1. The number of hydrogen-bond donors (Lipinski definition) is 2. The third-order valence-corrected chi connectivity index (χ3v) is 5.36. The second-order valence-corrected chi connectivity index (χ2v) is 7.55. The molecule has 2 heterocycles. The predicted molar refractivity (Wildman–Crippen MR) is 99.1 cm³/mol. The first-order valence-electron chi connectivity index (χ1n) is 8.81. The molecule has 1 fully saturated rings. The van der Waals surface area contributed by atoms with Crippen LogP contribution in [0.4, 0.5) is 0 Å². The van der Waals surface area contributed by atoms with Gasteiger partial charge in [-0.15, -0.1) is 11.3 Å². The molecule has 1 aliphatic rings. The number of likely N-dealkylation sites (tertiary alicyclic amines) is 1. The Morgan fingerprint density at radius 2 is 2.13 bits per heavy atom. The average molecular weight is 338 g/mol. The Balaban J connectivity index is 1.67. The lowest BCUT2D eigenvalue weighted by Crippen LogP contribution is -2.42. The summed E-state index contributed by atoms with van der Waals surface area (Å²) in [6.45, 7) is 9.87. The standard InChI is InChI=1S/C17H31N5S/c1-4-15-11-19-16(23-15)12-21-17(18-3)20-10-14(2)13-22-8-6-5-7-9-22/h11,14H,4-10,12-13H2,1-3H3,(H2,18,20,21). The van der Waals surface area contributed by atoms with Crippen LogP contribution in [0.5, 0.6) is 0 Å². The number of nitrogens with one attached hydrogen (secondary N) is 2. The van der Waals surface area contributed by atoms with Gasteiger partial charge in [-0.25, -0.2) is 4.98 Å². The fourth-order valence-corrected chi connectivity index (χ4v) is 3.69. The zero-order chi connectivity index (χ0) is 16.5. The van der Waals surface area contributed by atoms with Crippen LogP contribution in [0.25, 0.3) is 0 Å². The molecule has 0 spiro atoms. The molecule has 0 radical (unpaired) electrons. The number of nitrogens with zero attached hydrogens (tertiary/aromatic N) is 3. The van der Waals surface area contributed by atoms with E-state index in [1.807, 2.05) is 13.2 Å². The highest BCUT2D eigenvalue weighted by Crippen LogP contribution is 2.13. The van der Waals surface area contributed by atoms with Crippen molar-refractivity contribution in [3.05, 3.63) is 16.1 Å². The topological polar surface area (TPSA) is 52.6 Å². The molecule has 0 amide bonds. The van der Waals surface area contributed by atoms with Crippen LogP contribution >= 0.6 is 11.3 Å². The van der Waals surface area contributed by atoms with Gasteiger partial charge in [-0.05, 0) is 38.3 Å². The van der Waals surface area contributed by atoms with E-state index in [0.717, 1.165) is 30.5 Å². The van der Waals surface area contributed by atoms with Crippen LogP contribution in [-0.4, -0.2) is 49.1 Å². The average Bonchev–Trinajstić information content (AvgIpc) is 3.04. The molecule has 0 aromatic carbocycles. The SMILES string of the molecule is CCc1cnc(CNC(=NC)NCC(C)CN2CCCCC2)s1. The van der Waals surface area contributed by atoms with E-state index in [1.54, 1.807) is 11.3 Å². The number of piperidine rings is 1. The zero-order valence-corrected chi connectivity index (χ0v) is 15.6. The zero-order valence-electron chi connectivity index (χ0n) is 14.8. The molecule has 2 rings (SSSR count). The van der Waals surface area contributed by atoms with Gasteiger partial charge in [0.05, 0.1) is 6.54 Å². The third-order valence-electron chi connectivity index (χ3n) is 4.22. The summed E-state index contributed by atoms with van der Waals surface area (Å²) in [4.78, 5) is 12.7. The summed E-state index contributed by atoms with van der Waals surface area (Å²) in [6, 6.07) is 0. The van der Waals surface area contributed by atoms with Crippen LogP contribution in [-0.2, 0) is 13.0 Å². The number of thiazole rings is 1. The molecule has 1 atom stereocenters. The Kier molecular flexibility index (Phi) is 7.82. The molecule has 6 heteroatoms. The maximum atomic E-state index is 4.43. The number of hydrogen-bond acceptors (Lipinski definition) is 4. The molecule has 130 valence electrons. The van der Waals surface area contributed by atoms with Crippen LogP contribution in [0.2, 0.25) is 0 Å². The van der Waals surface area contributed by atoms with Crippen molar-refractivity contribution in [3.63, 3.8) is 0 Å². The highest BCUT2D eigenvalue weighted by Gasteiger charge is 2.13. The molecule has 2 N–H and O–H groups in total. The number of aryl methyl sites for hydroxylation is 1. The third kappa shape index (κ3) is 6.47. The molecule has 0 bridgehead atoms. The van der Waals surface area contributed by atoms with Gasteiger partial charge in [0.15, 0.2) is 5.96 Å². The van der Waals surface area contributed by atoms with Crippen molar-refractivity contribution in [2.45, 2.75) is 46.1 Å². The Morgan fingerprint density at radius 3 is 2.78 bits per heavy atom. The maximum absolute atomic E-state index is 4.43. The van der Waals surface area contributed by atoms with Crippen molar-refractivity contribution in [1.29, 1.82) is 0 Å². The van der Waals surface area contributed by atoms with E-state index >= 15 is 0 Å². The summed E-state index contributed by atoms with van der Waals surface area (Å²) in [6.07, 6.45) is 7.14. The fourth-order valence-electron chi connectivity index (χ4n) is 2.89. The lowest BCUT2D eigenvalue weighted by Gasteiger charge is -2.29. The van der Waals surface area contributed by atoms with Gasteiger partial charge in [0.1, 0.15) is 5.01 Å². The Bertz CT molecular complexity index is 479. The molecule has 1 aromatic heterocycles. The monoisotopic (exact) mass is 337 g/mol. The highest BCUT2D eigenvalue weighted by atomic mass is 32.1. The number of aromatic nitrogens is 1. The van der Waals surface area contributed by atoms with Crippen LogP contribution in [0.3, 0.4) is 0 Å². The molecule has 5 nitrogen and oxygen atoms in total. The van der Waals surface area contributed by atoms with E-state index in [-0.39, 0.29) is 0 Å². The van der Waals surface area contributed by atoms with Crippen LogP contribution in [0.15, 0.2) is 11.2 Å². The second kappa shape index (κ2) is 9.88. The Morgan fingerprint density at radius 1 is 1.35 bits per heavy atom. The van der Waals surface area contributed by atoms with Crippen molar-refractivity contribution in [3.8, 4) is 0 Å². The first-order chi connectivity index (χ1) is 11.2. The van der Waals surface area contributed by atoms with Crippen LogP contribution in [0.1, 0.15) is 43.0 Å². The van der Waals surface area contributed by atoms with Gasteiger partial charge >= 0.3 is 0 Å². The van der Waals surface area contributed by atoms with E-state index in [1.165, 1.54) is 43.8 Å². The van der Waals surface area contributed by atoms with Crippen molar-refractivity contribution in [2.24, 2.45) is 10.9 Å². The summed E-state index contributed by atoms with van der Waals surface area (Å²) in [5, 5.41) is 7.91. The minimum Gasteiger partial charge on any atom is -0.356 e. The van der Waals surface area contributed by atoms with Gasteiger partial charge in [0, 0.05) is 31.2 Å². The van der Waals surface area contributed by atoms with Gasteiger partial charge in [-0.2, -0.15) is 0 Å². The smallest absolute Gasteiger partial charge is 0.191 e. The summed E-state index contributed by atoms with van der Waals surface area (Å²) in [5.74, 6) is 1.49. The largest absolute Gasteiger partial charge is 0.356 e. The lowest BCUT2D eigenvalue weighted by molar-refractivity contribution is 0.201. The first-order valence-corrected chi connectivity index (χ1v) is 9.63. The summed E-state index contributed by atoms with van der Waals surface area (Å²) < 4.78 is 0. The molecular formula is C17H31N5S. The quantitative estimate of drug-likeness (QED) is 0.593. The minimum atomic E-state index is 0.623. The van der Waals surface area contributed by atoms with Gasteiger partial charge in [0.2, 0.25) is 0 Å². The molecule has 1 aliphatic heterocycles. The molecule has 1 unspecified atom stereocenters. The number of aliphatic imine (C=N–C) groups is 1. The predicted octanol–water partition coefficient (Wildman–Crippen LogP) is 2.49. The minimum absolute atomic E-state index is 0.623. The molecular weight excluding hydrogens is 306 g/mol. The van der Waals surface area contributed by atoms with E-state index in [9.17, 15) is 0 Å². The fraction of sp³-hybridized carbons (Fsp3) is 0.765. The molecule has 1 saturated heterocycles. The maximum Gasteiger partial charge on any atom is 0.191 e. The summed E-state index contributed by atoms with van der Waals surface area (Å²) in [7, 11) is 1.82. The Hall–Kier alpha value is -1.14. The number of rotatable bonds is 7. The van der Waals surface area contributed by atoms with Gasteiger partial charge < -0.3 is 15.5 Å². The van der Waals surface area contributed by atoms with Crippen LogP contribution in [0, 0.1) is 5.92 Å². The van der Waals surface area contributed by atoms with E-state index in [2.05, 4.69) is 39.4 Å². The van der Waals surface area contributed by atoms with Gasteiger partial charge in [-0.3, -0.25) is 4.99 Å². The summed E-state index contributed by atoms with van der Waals surface area (Å²) >= 11 is 1.77. The first kappa shape index (κ1) is 18.2. The normalized spacial score (nSPS) is 18.0. The van der Waals surface area contributed by atoms with Crippen molar-refractivity contribution in [2.75, 3.05) is 33.2 Å². The van der Waals surface area contributed by atoms with E-state index in [4.69, 9.17) is 0 Å². The van der Waals surface area contributed by atoms with Crippen LogP contribution < -0.4 is 10.6 Å². The highest BCUT2D eigenvalue weighted by molar-refractivity contribution is 7.11. The van der Waals surface area contributed by atoms with E-state index in [0.29, 0.717) is 5.92 Å². The molecule has 23 heavy (non-hydrogen) atoms. The Labute approximate surface area is 144 Å². The van der Waals surface area contributed by atoms with Gasteiger partial charge in [0.25, 0.3) is 0 Å². The van der Waals surface area contributed by atoms with Crippen molar-refractivity contribution < 1.29 is 0 Å². The van der Waals surface area contributed by atoms with Crippen molar-refractivity contribution in [1.82, 2.24) is 20.5 Å². The molecule has 1 aromatic rings. The summed E-state index contributed by atoms with van der Waals surface area (Å²) in [5.41, 5.74) is 0.